The molecule has 0 N–H and O–H groups in total. The van der Waals surface area contributed by atoms with Crippen LogP contribution in [0.5, 0.6) is 0 Å². The predicted molar refractivity (Wildman–Crippen MR) is 106 cm³/mol. The Morgan fingerprint density at radius 1 is 1.04 bits per heavy atom. The van der Waals surface area contributed by atoms with Crippen molar-refractivity contribution in [2.45, 2.75) is 19.3 Å². The SMILES string of the molecule is O=C1c2c3cc(Cl)ccc3nc3cccc(c23)N1CCCN1CCCC1. The Morgan fingerprint density at radius 3 is 2.73 bits per heavy atom. The summed E-state index contributed by atoms with van der Waals surface area (Å²) in [4.78, 5) is 22.4. The van der Waals surface area contributed by atoms with Crippen LogP contribution < -0.4 is 4.90 Å². The van der Waals surface area contributed by atoms with Crippen LogP contribution in [0.3, 0.4) is 0 Å². The lowest BCUT2D eigenvalue weighted by Gasteiger charge is -2.20. The van der Waals surface area contributed by atoms with Crippen LogP contribution in [0, 0.1) is 0 Å². The van der Waals surface area contributed by atoms with Gasteiger partial charge in [0.15, 0.2) is 0 Å². The number of nitrogens with zero attached hydrogens (tertiary/aromatic N) is 3. The van der Waals surface area contributed by atoms with E-state index in [4.69, 9.17) is 16.6 Å². The maximum Gasteiger partial charge on any atom is 0.259 e. The van der Waals surface area contributed by atoms with Crippen LogP contribution in [-0.2, 0) is 0 Å². The summed E-state index contributed by atoms with van der Waals surface area (Å²) in [6.07, 6.45) is 3.58. The summed E-state index contributed by atoms with van der Waals surface area (Å²) in [7, 11) is 0. The Hall–Kier alpha value is -2.17. The Kier molecular flexibility index (Phi) is 3.84. The summed E-state index contributed by atoms with van der Waals surface area (Å²) < 4.78 is 0. The lowest BCUT2D eigenvalue weighted by molar-refractivity contribution is 0.0993. The van der Waals surface area contributed by atoms with Gasteiger partial charge in [0.2, 0.25) is 0 Å². The third kappa shape index (κ3) is 2.48. The number of fused-ring (bicyclic) bond motifs is 2. The zero-order chi connectivity index (χ0) is 17.7. The lowest BCUT2D eigenvalue weighted by Crippen LogP contribution is -2.31. The molecule has 4 nitrogen and oxygen atoms in total. The molecule has 2 aliphatic rings. The predicted octanol–water partition coefficient (Wildman–Crippen LogP) is 4.49. The first-order chi connectivity index (χ1) is 12.7. The fourth-order valence-corrected chi connectivity index (χ4v) is 4.49. The van der Waals surface area contributed by atoms with Gasteiger partial charge in [0.1, 0.15) is 0 Å². The van der Waals surface area contributed by atoms with Gasteiger partial charge in [-0.2, -0.15) is 0 Å². The molecule has 0 aliphatic carbocycles. The van der Waals surface area contributed by atoms with Gasteiger partial charge in [-0.15, -0.1) is 0 Å². The van der Waals surface area contributed by atoms with Crippen molar-refractivity contribution < 1.29 is 4.79 Å². The zero-order valence-electron chi connectivity index (χ0n) is 14.5. The van der Waals surface area contributed by atoms with Gasteiger partial charge in [0.25, 0.3) is 5.91 Å². The maximum atomic E-state index is 13.3. The third-order valence-electron chi connectivity index (χ3n) is 5.54. The van der Waals surface area contributed by atoms with Crippen molar-refractivity contribution in [2.75, 3.05) is 31.1 Å². The molecule has 2 aliphatic heterocycles. The van der Waals surface area contributed by atoms with Crippen molar-refractivity contribution in [1.29, 1.82) is 0 Å². The first-order valence-electron chi connectivity index (χ1n) is 9.28. The number of carbonyl (C=O) groups excluding carboxylic acids is 1. The summed E-state index contributed by atoms with van der Waals surface area (Å²) >= 11 is 6.20. The van der Waals surface area contributed by atoms with Crippen molar-refractivity contribution in [3.63, 3.8) is 0 Å². The topological polar surface area (TPSA) is 36.4 Å². The summed E-state index contributed by atoms with van der Waals surface area (Å²) in [5, 5.41) is 2.45. The minimum atomic E-state index is 0.0762. The van der Waals surface area contributed by atoms with Crippen LogP contribution in [0.4, 0.5) is 5.69 Å². The number of hydrogen-bond acceptors (Lipinski definition) is 3. The standard InChI is InChI=1S/C21H20ClN3O/c22-14-7-8-16-15(13-14)19-20-17(23-16)5-3-6-18(20)25(21(19)26)12-4-11-24-9-1-2-10-24/h3,5-8,13H,1-2,4,9-12H2. The van der Waals surface area contributed by atoms with E-state index < -0.39 is 0 Å². The number of hydrogen-bond donors (Lipinski definition) is 0. The van der Waals surface area contributed by atoms with Crippen molar-refractivity contribution in [1.82, 2.24) is 9.88 Å². The van der Waals surface area contributed by atoms with Crippen molar-refractivity contribution in [2.24, 2.45) is 0 Å². The number of rotatable bonds is 4. The monoisotopic (exact) mass is 365 g/mol. The first kappa shape index (κ1) is 16.0. The van der Waals surface area contributed by atoms with Crippen LogP contribution >= 0.6 is 11.6 Å². The smallest absolute Gasteiger partial charge is 0.259 e. The van der Waals surface area contributed by atoms with Gasteiger partial charge in [-0.3, -0.25) is 4.79 Å². The largest absolute Gasteiger partial charge is 0.308 e. The average Bonchev–Trinajstić information content (AvgIpc) is 3.25. The molecule has 0 atom stereocenters. The Balaban J connectivity index is 1.54. The Morgan fingerprint density at radius 2 is 1.88 bits per heavy atom. The van der Waals surface area contributed by atoms with E-state index in [2.05, 4.69) is 4.90 Å². The van der Waals surface area contributed by atoms with Crippen LogP contribution in [0.2, 0.25) is 5.02 Å². The van der Waals surface area contributed by atoms with Gasteiger partial charge in [-0.05, 0) is 69.2 Å². The van der Waals surface area contributed by atoms with E-state index in [0.717, 1.165) is 52.6 Å². The molecule has 132 valence electrons. The normalized spacial score (nSPS) is 17.1. The zero-order valence-corrected chi connectivity index (χ0v) is 15.3. The van der Waals surface area contributed by atoms with Gasteiger partial charge in [0, 0.05) is 22.3 Å². The molecule has 26 heavy (non-hydrogen) atoms. The molecule has 5 rings (SSSR count). The van der Waals surface area contributed by atoms with Crippen LogP contribution in [0.15, 0.2) is 36.4 Å². The quantitative estimate of drug-likeness (QED) is 0.639. The van der Waals surface area contributed by atoms with Crippen LogP contribution in [-0.4, -0.2) is 42.0 Å². The number of carbonyl (C=O) groups is 1. The minimum absolute atomic E-state index is 0.0762. The number of halogens is 1. The van der Waals surface area contributed by atoms with E-state index in [1.807, 2.05) is 41.3 Å². The molecule has 0 bridgehead atoms. The number of aromatic nitrogens is 1. The highest BCUT2D eigenvalue weighted by atomic mass is 35.5. The molecule has 1 aromatic heterocycles. The van der Waals surface area contributed by atoms with Gasteiger partial charge >= 0.3 is 0 Å². The molecule has 3 aromatic rings. The van der Waals surface area contributed by atoms with E-state index in [0.29, 0.717) is 5.02 Å². The molecule has 1 saturated heterocycles. The lowest BCUT2D eigenvalue weighted by atomic mass is 10.0. The summed E-state index contributed by atoms with van der Waals surface area (Å²) in [6, 6.07) is 11.6. The van der Waals surface area contributed by atoms with E-state index in [9.17, 15) is 4.79 Å². The Bertz CT molecular complexity index is 1030. The second kappa shape index (κ2) is 6.22. The third-order valence-corrected chi connectivity index (χ3v) is 5.78. The number of amides is 1. The molecule has 0 saturated carbocycles. The number of pyridine rings is 1. The second-order valence-corrected chi connectivity index (χ2v) is 7.62. The summed E-state index contributed by atoms with van der Waals surface area (Å²) in [5.74, 6) is 0.0762. The highest BCUT2D eigenvalue weighted by molar-refractivity contribution is 6.33. The molecule has 5 heteroatoms. The fraction of sp³-hybridized carbons (Fsp3) is 0.333. The molecule has 0 unspecified atom stereocenters. The molecule has 3 heterocycles. The first-order valence-corrected chi connectivity index (χ1v) is 9.66. The maximum absolute atomic E-state index is 13.3. The van der Waals surface area contributed by atoms with Gasteiger partial charge < -0.3 is 9.80 Å². The van der Waals surface area contributed by atoms with Crippen LogP contribution in [0.1, 0.15) is 29.6 Å². The molecular weight excluding hydrogens is 346 g/mol. The molecule has 0 spiro atoms. The molecule has 2 aromatic carbocycles. The van der Waals surface area contributed by atoms with Crippen molar-refractivity contribution in [3.05, 3.63) is 47.0 Å². The number of benzene rings is 2. The van der Waals surface area contributed by atoms with Gasteiger partial charge in [0.05, 0.1) is 22.3 Å². The van der Waals surface area contributed by atoms with E-state index in [1.54, 1.807) is 0 Å². The van der Waals surface area contributed by atoms with Crippen molar-refractivity contribution >= 4 is 45.0 Å². The summed E-state index contributed by atoms with van der Waals surface area (Å²) in [5.41, 5.74) is 3.44. The van der Waals surface area contributed by atoms with E-state index >= 15 is 0 Å². The Labute approximate surface area is 157 Å². The highest BCUT2D eigenvalue weighted by Gasteiger charge is 2.32. The number of anilines is 1. The van der Waals surface area contributed by atoms with Crippen LogP contribution in [0.25, 0.3) is 21.8 Å². The highest BCUT2D eigenvalue weighted by Crippen LogP contribution is 2.40. The van der Waals surface area contributed by atoms with Gasteiger partial charge in [-0.1, -0.05) is 17.7 Å². The number of likely N-dealkylation sites (tertiary alicyclic amines) is 1. The molecular formula is C21H20ClN3O. The minimum Gasteiger partial charge on any atom is -0.308 e. The molecule has 1 fully saturated rings. The van der Waals surface area contributed by atoms with E-state index in [1.165, 1.54) is 25.9 Å². The second-order valence-electron chi connectivity index (χ2n) is 7.18. The van der Waals surface area contributed by atoms with Gasteiger partial charge in [-0.25, -0.2) is 4.98 Å². The summed E-state index contributed by atoms with van der Waals surface area (Å²) in [6.45, 7) is 4.18. The molecule has 1 amide bonds. The average molecular weight is 366 g/mol. The molecule has 0 radical (unpaired) electrons. The van der Waals surface area contributed by atoms with E-state index in [-0.39, 0.29) is 5.91 Å². The fourth-order valence-electron chi connectivity index (χ4n) is 4.32. The van der Waals surface area contributed by atoms with Crippen molar-refractivity contribution in [3.8, 4) is 0 Å².